The van der Waals surface area contributed by atoms with Crippen LogP contribution in [0.2, 0.25) is 0 Å². The van der Waals surface area contributed by atoms with E-state index >= 15 is 0 Å². The fourth-order valence-electron chi connectivity index (χ4n) is 19.6. The molecule has 2 aliphatic rings. The van der Waals surface area contributed by atoms with Gasteiger partial charge in [-0.15, -0.1) is 0 Å². The van der Waals surface area contributed by atoms with Crippen LogP contribution < -0.4 is 19.6 Å². The van der Waals surface area contributed by atoms with Crippen LogP contribution in [0.1, 0.15) is 62.8 Å². The molecule has 22 rings (SSSR count). The monoisotopic (exact) mass is 1570 g/mol. The maximum absolute atomic E-state index is 2.55. The molecule has 122 heavy (non-hydrogen) atoms. The Morgan fingerprint density at radius 2 is 0.484 bits per heavy atom. The minimum absolute atomic E-state index is 0.0432. The highest BCUT2D eigenvalue weighted by atomic mass is 15.2. The smallest absolute Gasteiger partial charge is 0.0547 e. The summed E-state index contributed by atoms with van der Waals surface area (Å²) in [5, 5.41) is 4.99. The van der Waals surface area contributed by atoms with Crippen molar-refractivity contribution >= 4 is 112 Å². The fourth-order valence-corrected chi connectivity index (χ4v) is 19.6. The molecule has 0 radical (unpaired) electrons. The lowest BCUT2D eigenvalue weighted by Crippen LogP contribution is -2.22. The van der Waals surface area contributed by atoms with E-state index in [-0.39, 0.29) is 10.8 Å². The molecule has 18 aromatic carbocycles. The van der Waals surface area contributed by atoms with Crippen molar-refractivity contribution < 1.29 is 0 Å². The summed E-state index contributed by atoms with van der Waals surface area (Å²) in [6, 6.07) is 163. The molecule has 20 aromatic rings. The second kappa shape index (κ2) is 31.2. The van der Waals surface area contributed by atoms with Crippen molar-refractivity contribution in [2.75, 3.05) is 19.6 Å². The van der Waals surface area contributed by atoms with Crippen LogP contribution in [-0.4, -0.2) is 9.13 Å². The molecule has 584 valence electrons. The summed E-state index contributed by atoms with van der Waals surface area (Å²) in [5.41, 5.74) is 36.0. The van der Waals surface area contributed by atoms with E-state index in [4.69, 9.17) is 0 Å². The molecular weight excluding hydrogens is 1480 g/mol. The van der Waals surface area contributed by atoms with Gasteiger partial charge in [0.15, 0.2) is 0 Å². The highest BCUT2D eigenvalue weighted by Crippen LogP contribution is 2.56. The first-order chi connectivity index (χ1) is 60.2. The second-order valence-electron chi connectivity index (χ2n) is 32.6. The van der Waals surface area contributed by atoms with Gasteiger partial charge in [-0.1, -0.05) is 276 Å². The van der Waals surface area contributed by atoms with Crippen LogP contribution in [0.4, 0.5) is 68.2 Å². The van der Waals surface area contributed by atoms with Crippen molar-refractivity contribution in [2.24, 2.45) is 0 Å². The molecule has 0 fully saturated rings. The lowest BCUT2D eigenvalue weighted by atomic mass is 9.73. The summed E-state index contributed by atoms with van der Waals surface area (Å²) in [7, 11) is 0. The van der Waals surface area contributed by atoms with Crippen LogP contribution in [0, 0.1) is 0 Å². The lowest BCUT2D eigenvalue weighted by Gasteiger charge is -2.29. The van der Waals surface area contributed by atoms with E-state index in [2.05, 4.69) is 505 Å². The van der Waals surface area contributed by atoms with E-state index in [0.717, 1.165) is 92.5 Å². The van der Waals surface area contributed by atoms with E-state index < -0.39 is 0 Å². The quantitative estimate of drug-likeness (QED) is 0.0854. The van der Waals surface area contributed by atoms with E-state index in [9.17, 15) is 0 Å². The number of nitrogens with zero attached hydrogens (tertiary/aromatic N) is 6. The zero-order valence-electron chi connectivity index (χ0n) is 68.8. The van der Waals surface area contributed by atoms with E-state index in [0.29, 0.717) is 0 Å². The Labute approximate surface area is 714 Å². The first-order valence-corrected chi connectivity index (χ1v) is 42.7. The van der Waals surface area contributed by atoms with Gasteiger partial charge in [0.25, 0.3) is 0 Å². The average molecular weight is 1570 g/mol. The highest BCUT2D eigenvalue weighted by molar-refractivity contribution is 6.15. The van der Waals surface area contributed by atoms with Crippen molar-refractivity contribution in [3.05, 3.63) is 471 Å². The number of rotatable bonds is 18. The molecule has 6 nitrogen and oxygen atoms in total. The summed E-state index contributed by atoms with van der Waals surface area (Å²) >= 11 is 0. The van der Waals surface area contributed by atoms with Crippen LogP contribution in [-0.2, 0) is 10.8 Å². The van der Waals surface area contributed by atoms with Crippen LogP contribution in [0.15, 0.2) is 449 Å². The Kier molecular flexibility index (Phi) is 19.0. The summed E-state index contributed by atoms with van der Waals surface area (Å²) in [6.07, 6.45) is 2.09. The maximum atomic E-state index is 2.55. The van der Waals surface area contributed by atoms with Crippen LogP contribution in [0.5, 0.6) is 0 Å². The molecule has 2 aromatic heterocycles. The fraction of sp³-hybridized carbons (Fsp3) is 0.0690. The first-order valence-electron chi connectivity index (χ1n) is 42.7. The Morgan fingerprint density at radius 1 is 0.197 bits per heavy atom. The first kappa shape index (κ1) is 74.3. The third kappa shape index (κ3) is 13.0. The number of benzene rings is 18. The van der Waals surface area contributed by atoms with Crippen LogP contribution in [0.3, 0.4) is 0 Å². The summed E-state index contributed by atoms with van der Waals surface area (Å²) in [5.74, 6) is 0. The van der Waals surface area contributed by atoms with Gasteiger partial charge in [-0.05, 0) is 280 Å². The Hall–Kier alpha value is -15.2. The second-order valence-corrected chi connectivity index (χ2v) is 32.6. The average Bonchev–Trinajstić information content (AvgIpc) is 1.56. The molecule has 0 spiro atoms. The lowest BCUT2D eigenvalue weighted by molar-refractivity contribution is 0.491. The molecule has 0 saturated carbocycles. The minimum Gasteiger partial charge on any atom is -0.311 e. The van der Waals surface area contributed by atoms with Gasteiger partial charge in [-0.25, -0.2) is 0 Å². The van der Waals surface area contributed by atoms with Crippen LogP contribution >= 0.6 is 0 Å². The van der Waals surface area contributed by atoms with Crippen molar-refractivity contribution in [1.82, 2.24) is 9.13 Å². The van der Waals surface area contributed by atoms with E-state index in [1.807, 2.05) is 0 Å². The van der Waals surface area contributed by atoms with Crippen molar-refractivity contribution in [3.63, 3.8) is 0 Å². The van der Waals surface area contributed by atoms with Crippen molar-refractivity contribution in [2.45, 2.75) is 51.4 Å². The van der Waals surface area contributed by atoms with Gasteiger partial charge < -0.3 is 28.7 Å². The zero-order valence-corrected chi connectivity index (χ0v) is 68.8. The normalized spacial score (nSPS) is 12.6. The SMILES string of the molecule is CC1(C)c2ccccc2-c2cc3c(cc21)c1cc(N(c2ccccc2)c2ccccc2)ccc1n3-c1ccc(-c2ccc(N(c3ccccc3)c3ccccc3)cc2)cc1.CCC1(CC)c2ccccc2-c2cc3c(cc21)c1cc(N(c2ccccc2)c2ccccc2)ccc1n3-c1cccc(N(c2ccccc2)c2ccc(-c3ccccc3)cc2)c1. The summed E-state index contributed by atoms with van der Waals surface area (Å²) in [4.78, 5) is 9.40. The third-order valence-electron chi connectivity index (χ3n) is 25.6. The standard InChI is InChI=1S/C59H47N3.C57H43N3/c1-3-59(4-2)55-31-18-17-30-51(55)52-41-58-54(40-56(52)59)53-39-50(60(44-22-11-6-12-23-44)45-24-13-7-14-25-45)36-37-57(53)62(58)49-29-19-28-48(38-49)61(46-26-15-8-16-27-46)47-34-32-43(33-35-47)42-20-9-5-10-21-42;1-57(2)53-26-16-15-25-49(53)50-39-56-52(38-54(50)57)51-37-48(59(44-21-11-5-12-22-44)45-23-13-6-14-24-45)35-36-55(51)60(56)47-33-29-41(30-34-47)40-27-31-46(32-28-40)58(42-17-7-3-8-18-42)43-19-9-4-10-20-43/h5-41H,3-4H2,1-2H3;3-39H,1-2H3. The number of hydrogen-bond donors (Lipinski definition) is 0. The number of anilines is 12. The van der Waals surface area contributed by atoms with E-state index in [1.54, 1.807) is 0 Å². The number of hydrogen-bond acceptors (Lipinski definition) is 4. The molecule has 0 unspecified atom stereocenters. The molecule has 0 aliphatic heterocycles. The number of para-hydroxylation sites is 7. The number of fused-ring (bicyclic) bond motifs is 12. The highest BCUT2D eigenvalue weighted by Gasteiger charge is 2.42. The number of aromatic nitrogens is 2. The molecule has 0 bridgehead atoms. The third-order valence-corrected chi connectivity index (χ3v) is 25.6. The predicted molar refractivity (Wildman–Crippen MR) is 516 cm³/mol. The largest absolute Gasteiger partial charge is 0.311 e. The van der Waals surface area contributed by atoms with Gasteiger partial charge in [0, 0.05) is 112 Å². The van der Waals surface area contributed by atoms with Crippen LogP contribution in [0.25, 0.3) is 99.5 Å². The molecule has 2 heterocycles. The molecular formula is C116H90N6. The van der Waals surface area contributed by atoms with Gasteiger partial charge in [-0.2, -0.15) is 0 Å². The molecule has 6 heteroatoms. The van der Waals surface area contributed by atoms with Crippen molar-refractivity contribution in [1.29, 1.82) is 0 Å². The minimum atomic E-state index is -0.108. The Bertz CT molecular complexity index is 7070. The molecule has 2 aliphatic carbocycles. The molecule has 0 amide bonds. The Morgan fingerprint density at radius 3 is 0.893 bits per heavy atom. The molecule has 0 N–H and O–H groups in total. The van der Waals surface area contributed by atoms with Gasteiger partial charge >= 0.3 is 0 Å². The molecule has 0 atom stereocenters. The topological polar surface area (TPSA) is 22.8 Å². The predicted octanol–water partition coefficient (Wildman–Crippen LogP) is 32.2. The van der Waals surface area contributed by atoms with Gasteiger partial charge in [0.1, 0.15) is 0 Å². The van der Waals surface area contributed by atoms with Crippen molar-refractivity contribution in [3.8, 4) is 55.9 Å². The van der Waals surface area contributed by atoms with Gasteiger partial charge in [0.2, 0.25) is 0 Å². The zero-order chi connectivity index (χ0) is 81.8. The summed E-state index contributed by atoms with van der Waals surface area (Å²) < 4.78 is 4.96. The maximum Gasteiger partial charge on any atom is 0.0547 e. The summed E-state index contributed by atoms with van der Waals surface area (Å²) in [6.45, 7) is 9.45. The van der Waals surface area contributed by atoms with Gasteiger partial charge in [0.05, 0.1) is 22.1 Å². The molecule has 0 saturated heterocycles. The Balaban J connectivity index is 0.000000150. The van der Waals surface area contributed by atoms with E-state index in [1.165, 1.54) is 110 Å². The van der Waals surface area contributed by atoms with Gasteiger partial charge in [-0.3, -0.25) is 0 Å².